The average molecular weight is 284 g/mol. The van der Waals surface area contributed by atoms with E-state index in [1.54, 1.807) is 6.92 Å². The Kier molecular flexibility index (Phi) is 6.56. The number of Topliss-reactive ketones (excluding diaryl/α,β-unsaturated/α-hetero) is 1. The molecular weight excluding hydrogens is 260 g/mol. The lowest BCUT2D eigenvalue weighted by Crippen LogP contribution is -2.27. The molecule has 1 saturated heterocycles. The molecule has 1 rings (SSSR count). The zero-order valence-electron chi connectivity index (χ0n) is 12.7. The second kappa shape index (κ2) is 7.70. The topological polar surface area (TPSA) is 61.8 Å². The molecule has 0 aromatic rings. The summed E-state index contributed by atoms with van der Waals surface area (Å²) in [4.78, 5) is 22.0. The number of ketones is 1. The average Bonchev–Trinajstić information content (AvgIpc) is 2.66. The first-order valence-electron chi connectivity index (χ1n) is 6.97. The summed E-state index contributed by atoms with van der Waals surface area (Å²) in [6, 6.07) is 0. The fourth-order valence-electron chi connectivity index (χ4n) is 2.39. The molecule has 0 N–H and O–H groups in total. The summed E-state index contributed by atoms with van der Waals surface area (Å²) in [5.74, 6) is 1.38. The highest BCUT2D eigenvalue weighted by molar-refractivity contribution is 5.75. The lowest BCUT2D eigenvalue weighted by Gasteiger charge is -2.17. The molecule has 1 aliphatic heterocycles. The lowest BCUT2D eigenvalue weighted by molar-refractivity contribution is -0.144. The third kappa shape index (κ3) is 5.17. The molecule has 0 saturated carbocycles. The SMILES string of the molecule is COCC(=C=O)C1OC(C)(C)OC1CCCCC(C)=O. The van der Waals surface area contributed by atoms with E-state index in [2.05, 4.69) is 0 Å². The Morgan fingerprint density at radius 3 is 2.55 bits per heavy atom. The number of rotatable bonds is 8. The second-order valence-corrected chi connectivity index (χ2v) is 5.60. The van der Waals surface area contributed by atoms with Gasteiger partial charge in [-0.1, -0.05) is 6.42 Å². The maximum Gasteiger partial charge on any atom is 0.164 e. The van der Waals surface area contributed by atoms with Crippen molar-refractivity contribution in [2.24, 2.45) is 0 Å². The van der Waals surface area contributed by atoms with Gasteiger partial charge in [0.2, 0.25) is 0 Å². The van der Waals surface area contributed by atoms with Gasteiger partial charge in [-0.25, -0.2) is 4.79 Å². The van der Waals surface area contributed by atoms with Gasteiger partial charge in [-0.05, 0) is 33.6 Å². The number of ether oxygens (including phenoxy) is 3. The minimum atomic E-state index is -0.717. The van der Waals surface area contributed by atoms with Gasteiger partial charge in [-0.2, -0.15) is 0 Å². The van der Waals surface area contributed by atoms with E-state index in [1.807, 2.05) is 19.8 Å². The quantitative estimate of drug-likeness (QED) is 0.504. The molecule has 0 amide bonds. The van der Waals surface area contributed by atoms with E-state index in [1.165, 1.54) is 7.11 Å². The Hall–Kier alpha value is -1.00. The Bertz CT molecular complexity index is 382. The molecule has 2 unspecified atom stereocenters. The first kappa shape index (κ1) is 17.1. The zero-order valence-corrected chi connectivity index (χ0v) is 12.7. The van der Waals surface area contributed by atoms with Crippen LogP contribution in [0.4, 0.5) is 0 Å². The van der Waals surface area contributed by atoms with Gasteiger partial charge in [-0.15, -0.1) is 0 Å². The van der Waals surface area contributed by atoms with E-state index in [-0.39, 0.29) is 18.5 Å². The first-order chi connectivity index (χ1) is 9.39. The van der Waals surface area contributed by atoms with Gasteiger partial charge in [0, 0.05) is 13.5 Å². The van der Waals surface area contributed by atoms with E-state index in [4.69, 9.17) is 14.2 Å². The number of carbonyl (C=O) groups is 1. The Labute approximate surface area is 120 Å². The van der Waals surface area contributed by atoms with Crippen LogP contribution < -0.4 is 0 Å². The number of hydrogen-bond acceptors (Lipinski definition) is 5. The molecular formula is C15H24O5. The van der Waals surface area contributed by atoms with Crippen molar-refractivity contribution in [3.05, 3.63) is 5.57 Å². The lowest BCUT2D eigenvalue weighted by atomic mass is 10.0. The van der Waals surface area contributed by atoms with Crippen LogP contribution in [-0.4, -0.2) is 43.4 Å². The third-order valence-corrected chi connectivity index (χ3v) is 3.23. The van der Waals surface area contributed by atoms with E-state index in [0.717, 1.165) is 19.3 Å². The Morgan fingerprint density at radius 2 is 2.00 bits per heavy atom. The first-order valence-corrected chi connectivity index (χ1v) is 6.97. The number of hydrogen-bond donors (Lipinski definition) is 0. The Morgan fingerprint density at radius 1 is 1.30 bits per heavy atom. The fraction of sp³-hybridized carbons (Fsp3) is 0.800. The van der Waals surface area contributed by atoms with Crippen LogP contribution in [0.25, 0.3) is 0 Å². The largest absolute Gasteiger partial charge is 0.379 e. The molecule has 0 bridgehead atoms. The normalized spacial score (nSPS) is 24.4. The fourth-order valence-corrected chi connectivity index (χ4v) is 2.39. The van der Waals surface area contributed by atoms with Crippen molar-refractivity contribution in [2.45, 2.75) is 64.4 Å². The van der Waals surface area contributed by atoms with Gasteiger partial charge in [0.15, 0.2) is 5.79 Å². The van der Waals surface area contributed by atoms with Crippen LogP contribution in [-0.2, 0) is 23.8 Å². The molecule has 1 fully saturated rings. The summed E-state index contributed by atoms with van der Waals surface area (Å²) in [6.45, 7) is 5.43. The van der Waals surface area contributed by atoms with Crippen LogP contribution in [0.1, 0.15) is 46.5 Å². The number of methoxy groups -OCH3 is 1. The zero-order chi connectivity index (χ0) is 15.2. The molecule has 0 aliphatic carbocycles. The smallest absolute Gasteiger partial charge is 0.164 e. The molecule has 5 nitrogen and oxygen atoms in total. The van der Waals surface area contributed by atoms with Crippen LogP contribution in [0.3, 0.4) is 0 Å². The van der Waals surface area contributed by atoms with E-state index in [0.29, 0.717) is 12.0 Å². The van der Waals surface area contributed by atoms with Crippen molar-refractivity contribution in [1.29, 1.82) is 0 Å². The van der Waals surface area contributed by atoms with Crippen molar-refractivity contribution in [2.75, 3.05) is 13.7 Å². The minimum Gasteiger partial charge on any atom is -0.379 e. The maximum atomic E-state index is 11.0. The summed E-state index contributed by atoms with van der Waals surface area (Å²) in [5, 5.41) is 0. The molecule has 5 heteroatoms. The van der Waals surface area contributed by atoms with Gasteiger partial charge in [-0.3, -0.25) is 0 Å². The van der Waals surface area contributed by atoms with Crippen molar-refractivity contribution in [1.82, 2.24) is 0 Å². The number of carbonyl (C=O) groups excluding carboxylic acids is 2. The van der Waals surface area contributed by atoms with Gasteiger partial charge in [0.1, 0.15) is 17.8 Å². The van der Waals surface area contributed by atoms with Crippen LogP contribution in [0.5, 0.6) is 0 Å². The molecule has 0 aromatic heterocycles. The van der Waals surface area contributed by atoms with Crippen LogP contribution >= 0.6 is 0 Å². The van der Waals surface area contributed by atoms with Crippen LogP contribution in [0.2, 0.25) is 0 Å². The van der Waals surface area contributed by atoms with Gasteiger partial charge < -0.3 is 19.0 Å². The molecule has 0 aromatic carbocycles. The highest BCUT2D eigenvalue weighted by Gasteiger charge is 2.43. The molecule has 2 atom stereocenters. The van der Waals surface area contributed by atoms with E-state index < -0.39 is 11.9 Å². The van der Waals surface area contributed by atoms with Crippen molar-refractivity contribution in [3.63, 3.8) is 0 Å². The maximum absolute atomic E-state index is 11.0. The third-order valence-electron chi connectivity index (χ3n) is 3.23. The second-order valence-electron chi connectivity index (χ2n) is 5.60. The van der Waals surface area contributed by atoms with Gasteiger partial charge in [0.25, 0.3) is 0 Å². The van der Waals surface area contributed by atoms with Crippen LogP contribution in [0, 0.1) is 0 Å². The van der Waals surface area contributed by atoms with Gasteiger partial charge in [0.05, 0.1) is 18.3 Å². The van der Waals surface area contributed by atoms with Crippen molar-refractivity contribution >= 4 is 11.7 Å². The predicted molar refractivity (Wildman–Crippen MR) is 74.1 cm³/mol. The summed E-state index contributed by atoms with van der Waals surface area (Å²) in [6.07, 6.45) is 2.40. The molecule has 1 heterocycles. The summed E-state index contributed by atoms with van der Waals surface area (Å²) >= 11 is 0. The van der Waals surface area contributed by atoms with Crippen LogP contribution in [0.15, 0.2) is 5.57 Å². The molecule has 20 heavy (non-hydrogen) atoms. The molecule has 1 aliphatic rings. The summed E-state index contributed by atoms with van der Waals surface area (Å²) < 4.78 is 16.6. The highest BCUT2D eigenvalue weighted by Crippen LogP contribution is 2.33. The minimum absolute atomic E-state index is 0.191. The molecule has 0 radical (unpaired) electrons. The monoisotopic (exact) mass is 284 g/mol. The van der Waals surface area contributed by atoms with E-state index in [9.17, 15) is 9.59 Å². The molecule has 0 spiro atoms. The summed E-state index contributed by atoms with van der Waals surface area (Å²) in [5.41, 5.74) is 0.439. The summed E-state index contributed by atoms with van der Waals surface area (Å²) in [7, 11) is 1.53. The highest BCUT2D eigenvalue weighted by atomic mass is 16.8. The van der Waals surface area contributed by atoms with Crippen molar-refractivity contribution in [3.8, 4) is 0 Å². The van der Waals surface area contributed by atoms with Crippen molar-refractivity contribution < 1.29 is 23.8 Å². The molecule has 114 valence electrons. The van der Waals surface area contributed by atoms with E-state index >= 15 is 0 Å². The Balaban J connectivity index is 2.60. The predicted octanol–water partition coefficient (Wildman–Crippen LogP) is 2.06. The van der Waals surface area contributed by atoms with Gasteiger partial charge >= 0.3 is 0 Å². The standard InChI is InChI=1S/C15H24O5/c1-11(17)7-5-6-8-13-14(12(9-16)10-18-4)20-15(2,3)19-13/h13-14H,5-8,10H2,1-4H3. The number of unbranched alkanes of at least 4 members (excludes halogenated alkanes) is 1.